The van der Waals surface area contributed by atoms with Gasteiger partial charge in [0.25, 0.3) is 0 Å². The Morgan fingerprint density at radius 3 is 2.63 bits per heavy atom. The normalized spacial score (nSPS) is 11.2. The molecule has 0 aliphatic rings. The van der Waals surface area contributed by atoms with Gasteiger partial charge in [0.15, 0.2) is 17.4 Å². The number of halogens is 1. The molecule has 5 aromatic rings. The number of imidazole rings is 1. The summed E-state index contributed by atoms with van der Waals surface area (Å²) < 4.78 is 23.8. The van der Waals surface area contributed by atoms with E-state index >= 15 is 4.39 Å². The third-order valence-corrected chi connectivity index (χ3v) is 6.23. The van der Waals surface area contributed by atoms with Crippen LogP contribution in [0.3, 0.4) is 0 Å². The van der Waals surface area contributed by atoms with E-state index in [4.69, 9.17) is 4.74 Å². The zero-order chi connectivity index (χ0) is 27.0. The lowest BCUT2D eigenvalue weighted by Gasteiger charge is -2.13. The summed E-state index contributed by atoms with van der Waals surface area (Å²) in [5, 5.41) is 9.22. The van der Waals surface area contributed by atoms with E-state index in [1.165, 1.54) is 21.5 Å². The Hall–Kier alpha value is -4.80. The number of pyridine rings is 1. The van der Waals surface area contributed by atoms with E-state index in [1.807, 2.05) is 32.0 Å². The minimum absolute atomic E-state index is 0.0455. The fourth-order valence-corrected chi connectivity index (χ4v) is 4.47. The van der Waals surface area contributed by atoms with E-state index in [0.717, 1.165) is 11.3 Å². The minimum Gasteiger partial charge on any atom is -0.482 e. The van der Waals surface area contributed by atoms with Gasteiger partial charge in [-0.2, -0.15) is 5.10 Å². The Balaban J connectivity index is 1.51. The maximum absolute atomic E-state index is 15.2. The number of rotatable bonds is 7. The first-order valence-corrected chi connectivity index (χ1v) is 11.9. The number of anilines is 1. The molecule has 2 N–H and O–H groups in total. The number of benzene rings is 2. The fraction of sp³-hybridized carbons (Fsp3) is 0.222. The van der Waals surface area contributed by atoms with Gasteiger partial charge < -0.3 is 10.1 Å². The van der Waals surface area contributed by atoms with Crippen molar-refractivity contribution in [1.82, 2.24) is 29.3 Å². The summed E-state index contributed by atoms with van der Waals surface area (Å²) in [5.74, 6) is -0.303. The Labute approximate surface area is 217 Å². The number of carbonyl (C=O) groups is 1. The van der Waals surface area contributed by atoms with Crippen LogP contribution in [-0.2, 0) is 25.0 Å². The van der Waals surface area contributed by atoms with Gasteiger partial charge in [-0.25, -0.2) is 14.2 Å². The fourth-order valence-electron chi connectivity index (χ4n) is 4.47. The number of aromatic nitrogens is 6. The van der Waals surface area contributed by atoms with Crippen LogP contribution in [0.1, 0.15) is 22.6 Å². The topological polar surface area (TPSA) is 120 Å². The first-order valence-electron chi connectivity index (χ1n) is 11.9. The van der Waals surface area contributed by atoms with E-state index in [1.54, 1.807) is 32.3 Å². The third kappa shape index (κ3) is 4.77. The molecule has 0 saturated heterocycles. The van der Waals surface area contributed by atoms with Gasteiger partial charge in [-0.15, -0.1) is 0 Å². The molecule has 0 aliphatic heterocycles. The van der Waals surface area contributed by atoms with Crippen LogP contribution in [0.4, 0.5) is 10.1 Å². The van der Waals surface area contributed by atoms with Crippen molar-refractivity contribution < 1.29 is 13.9 Å². The van der Waals surface area contributed by atoms with Gasteiger partial charge in [0.05, 0.1) is 22.9 Å². The lowest BCUT2D eigenvalue weighted by molar-refractivity contribution is -0.116. The van der Waals surface area contributed by atoms with Crippen LogP contribution in [0.25, 0.3) is 22.2 Å². The van der Waals surface area contributed by atoms with Gasteiger partial charge in [-0.1, -0.05) is 0 Å². The zero-order valence-electron chi connectivity index (χ0n) is 21.4. The lowest BCUT2D eigenvalue weighted by Crippen LogP contribution is -2.28. The molecular formula is C27H26FN7O3. The number of ether oxygens (including phenoxy) is 1. The number of hydrogen-bond donors (Lipinski definition) is 2. The molecule has 3 aromatic heterocycles. The molecule has 0 bridgehead atoms. The molecule has 0 spiro atoms. The van der Waals surface area contributed by atoms with Gasteiger partial charge in [-0.05, 0) is 73.9 Å². The predicted molar refractivity (Wildman–Crippen MR) is 140 cm³/mol. The van der Waals surface area contributed by atoms with E-state index < -0.39 is 5.82 Å². The number of aromatic amines is 1. The van der Waals surface area contributed by atoms with Gasteiger partial charge in [0.1, 0.15) is 19.5 Å². The summed E-state index contributed by atoms with van der Waals surface area (Å²) in [6, 6.07) is 10.5. The van der Waals surface area contributed by atoms with Crippen molar-refractivity contribution in [3.63, 3.8) is 0 Å². The number of amides is 1. The quantitative estimate of drug-likeness (QED) is 0.340. The second-order valence-corrected chi connectivity index (χ2v) is 9.17. The van der Waals surface area contributed by atoms with Crippen molar-refractivity contribution in [1.29, 1.82) is 0 Å². The van der Waals surface area contributed by atoms with Crippen molar-refractivity contribution >= 4 is 22.6 Å². The van der Waals surface area contributed by atoms with Gasteiger partial charge >= 0.3 is 5.69 Å². The van der Waals surface area contributed by atoms with Crippen LogP contribution in [-0.4, -0.2) is 35.2 Å². The monoisotopic (exact) mass is 515 g/mol. The molecule has 5 rings (SSSR count). The second kappa shape index (κ2) is 9.92. The highest BCUT2D eigenvalue weighted by atomic mass is 19.1. The zero-order valence-corrected chi connectivity index (χ0v) is 21.4. The van der Waals surface area contributed by atoms with Crippen molar-refractivity contribution in [3.05, 3.63) is 87.9 Å². The number of fused-ring (bicyclic) bond motifs is 1. The summed E-state index contributed by atoms with van der Waals surface area (Å²) in [5.41, 5.74) is 4.90. The second-order valence-electron chi connectivity index (χ2n) is 9.17. The van der Waals surface area contributed by atoms with Crippen LogP contribution in [0.5, 0.6) is 5.75 Å². The Morgan fingerprint density at radius 2 is 1.95 bits per heavy atom. The summed E-state index contributed by atoms with van der Waals surface area (Å²) in [4.78, 5) is 34.2. The number of nitrogens with zero attached hydrogens (tertiary/aromatic N) is 5. The van der Waals surface area contributed by atoms with Gasteiger partial charge in [0.2, 0.25) is 5.91 Å². The molecule has 0 radical (unpaired) electrons. The van der Waals surface area contributed by atoms with Gasteiger partial charge in [0, 0.05) is 18.3 Å². The van der Waals surface area contributed by atoms with Gasteiger partial charge in [-0.3, -0.25) is 24.0 Å². The third-order valence-electron chi connectivity index (χ3n) is 6.23. The molecule has 1 amide bonds. The van der Waals surface area contributed by atoms with E-state index in [9.17, 15) is 9.59 Å². The smallest absolute Gasteiger partial charge is 0.329 e. The average Bonchev–Trinajstić information content (AvgIpc) is 3.47. The molecule has 0 atom stereocenters. The predicted octanol–water partition coefficient (Wildman–Crippen LogP) is 3.80. The Kier molecular flexibility index (Phi) is 6.50. The summed E-state index contributed by atoms with van der Waals surface area (Å²) in [6.07, 6.45) is 2.92. The molecule has 38 heavy (non-hydrogen) atoms. The number of aryl methyl sites for hydroxylation is 4. The first kappa shape index (κ1) is 24.9. The largest absolute Gasteiger partial charge is 0.482 e. The van der Waals surface area contributed by atoms with Crippen LogP contribution in [0.15, 0.2) is 53.7 Å². The van der Waals surface area contributed by atoms with E-state index in [2.05, 4.69) is 25.5 Å². The van der Waals surface area contributed by atoms with Crippen LogP contribution >= 0.6 is 0 Å². The molecule has 194 valence electrons. The molecule has 10 nitrogen and oxygen atoms in total. The molecule has 3 heterocycles. The molecule has 0 saturated carbocycles. The molecule has 11 heteroatoms. The molecule has 0 unspecified atom stereocenters. The summed E-state index contributed by atoms with van der Waals surface area (Å²) >= 11 is 0. The first-order chi connectivity index (χ1) is 18.2. The lowest BCUT2D eigenvalue weighted by atomic mass is 9.99. The average molecular weight is 516 g/mol. The van der Waals surface area contributed by atoms with E-state index in [-0.39, 0.29) is 30.5 Å². The van der Waals surface area contributed by atoms with Crippen LogP contribution < -0.4 is 15.7 Å². The summed E-state index contributed by atoms with van der Waals surface area (Å²) in [6.45, 7) is 5.36. The highest BCUT2D eigenvalue weighted by Crippen LogP contribution is 2.34. The highest BCUT2D eigenvalue weighted by Gasteiger charge is 2.20. The van der Waals surface area contributed by atoms with Crippen molar-refractivity contribution in [2.45, 2.75) is 33.9 Å². The van der Waals surface area contributed by atoms with Crippen LogP contribution in [0, 0.1) is 26.6 Å². The van der Waals surface area contributed by atoms with Crippen LogP contribution in [0.2, 0.25) is 0 Å². The molecule has 2 aromatic carbocycles. The maximum Gasteiger partial charge on any atom is 0.329 e. The molecule has 0 aliphatic carbocycles. The molecular weight excluding hydrogens is 489 g/mol. The molecule has 0 fully saturated rings. The minimum atomic E-state index is -0.537. The Bertz CT molecular complexity index is 1680. The Morgan fingerprint density at radius 1 is 1.13 bits per heavy atom. The summed E-state index contributed by atoms with van der Waals surface area (Å²) in [7, 11) is 1.64. The van der Waals surface area contributed by atoms with E-state index in [0.29, 0.717) is 39.2 Å². The van der Waals surface area contributed by atoms with Crippen molar-refractivity contribution in [3.8, 4) is 16.9 Å². The standard InChI is InChI=1S/C27H26FN7O3/c1-15-7-20(18-9-16(2)26(21(28)10-18)38-13-23-30-14-31-33-23)25-22(8-15)35(27(37)34(25)4)12-24(36)32-19-6-5-17(3)29-11-19/h5-11,14H,12-13H2,1-4H3,(H,32,36)(H,30,31,33). The number of carbonyl (C=O) groups excluding carboxylic acids is 1. The highest BCUT2D eigenvalue weighted by molar-refractivity contribution is 5.96. The SMILES string of the molecule is Cc1cc(-c2cc(C)c(OCc3ncn[nH]3)c(F)c2)c2c(c1)n(CC(=O)Nc1ccc(C)nc1)c(=O)n2C. The van der Waals surface area contributed by atoms with Crippen molar-refractivity contribution in [2.75, 3.05) is 5.32 Å². The number of H-pyrrole nitrogens is 1. The number of hydrogen-bond acceptors (Lipinski definition) is 6. The van der Waals surface area contributed by atoms with Crippen molar-refractivity contribution in [2.24, 2.45) is 7.05 Å². The number of nitrogens with one attached hydrogen (secondary N) is 2. The maximum atomic E-state index is 15.2.